The maximum absolute atomic E-state index is 11.6. The van der Waals surface area contributed by atoms with Crippen LogP contribution < -0.4 is 11.1 Å². The van der Waals surface area contributed by atoms with Crippen LogP contribution in [0.1, 0.15) is 37.7 Å². The molecule has 0 spiro atoms. The van der Waals surface area contributed by atoms with Gasteiger partial charge in [-0.15, -0.1) is 0 Å². The molecule has 116 valence electrons. The molecule has 0 fully saturated rings. The molecule has 0 radical (unpaired) electrons. The summed E-state index contributed by atoms with van der Waals surface area (Å²) in [6.45, 7) is 0.580. The van der Waals surface area contributed by atoms with Crippen molar-refractivity contribution in [3.8, 4) is 0 Å². The van der Waals surface area contributed by atoms with Crippen LogP contribution in [-0.4, -0.2) is 29.6 Å². The fourth-order valence-electron chi connectivity index (χ4n) is 2.03. The number of hydrogen-bond donors (Lipinski definition) is 3. The van der Waals surface area contributed by atoms with Crippen molar-refractivity contribution < 1.29 is 14.7 Å². The van der Waals surface area contributed by atoms with Gasteiger partial charge in [-0.1, -0.05) is 30.3 Å². The summed E-state index contributed by atoms with van der Waals surface area (Å²) in [5.41, 5.74) is 6.64. The summed E-state index contributed by atoms with van der Waals surface area (Å²) in [5, 5.41) is 11.5. The first kappa shape index (κ1) is 17.2. The number of nitrogens with one attached hydrogen (secondary N) is 1. The third-order valence-electron chi connectivity index (χ3n) is 3.29. The van der Waals surface area contributed by atoms with Gasteiger partial charge in [0.2, 0.25) is 5.91 Å². The number of aliphatic carboxylic acids is 1. The topological polar surface area (TPSA) is 92.4 Å². The highest BCUT2D eigenvalue weighted by molar-refractivity contribution is 5.75. The van der Waals surface area contributed by atoms with Crippen LogP contribution in [0.2, 0.25) is 0 Å². The van der Waals surface area contributed by atoms with E-state index in [1.54, 1.807) is 0 Å². The van der Waals surface area contributed by atoms with E-state index in [1.807, 2.05) is 18.2 Å². The Kier molecular flexibility index (Phi) is 8.12. The quantitative estimate of drug-likeness (QED) is 0.572. The Morgan fingerprint density at radius 3 is 2.52 bits per heavy atom. The van der Waals surface area contributed by atoms with Crippen molar-refractivity contribution in [1.82, 2.24) is 5.32 Å². The number of rotatable bonds is 10. The molecule has 21 heavy (non-hydrogen) atoms. The number of nitrogens with two attached hydrogens (primary N) is 1. The molecular formula is C16H24N2O3. The Labute approximate surface area is 125 Å². The zero-order valence-corrected chi connectivity index (χ0v) is 12.3. The van der Waals surface area contributed by atoms with Crippen molar-refractivity contribution in [3.63, 3.8) is 0 Å². The van der Waals surface area contributed by atoms with Gasteiger partial charge >= 0.3 is 5.97 Å². The minimum Gasteiger partial charge on any atom is -0.480 e. The van der Waals surface area contributed by atoms with Crippen LogP contribution in [0.15, 0.2) is 30.3 Å². The SMILES string of the molecule is N[C@@H](CCCCNC(=O)CCCc1ccccc1)C(=O)O. The zero-order valence-electron chi connectivity index (χ0n) is 12.3. The Hall–Kier alpha value is -1.88. The largest absolute Gasteiger partial charge is 0.480 e. The van der Waals surface area contributed by atoms with Gasteiger partial charge in [-0.25, -0.2) is 0 Å². The summed E-state index contributed by atoms with van der Waals surface area (Å²) in [7, 11) is 0. The highest BCUT2D eigenvalue weighted by Crippen LogP contribution is 2.04. The minimum absolute atomic E-state index is 0.0495. The first-order valence-electron chi connectivity index (χ1n) is 7.38. The number of amides is 1. The van der Waals surface area contributed by atoms with Crippen LogP contribution in [0.25, 0.3) is 0 Å². The van der Waals surface area contributed by atoms with Gasteiger partial charge in [-0.05, 0) is 37.7 Å². The summed E-state index contributed by atoms with van der Waals surface area (Å²) >= 11 is 0. The molecule has 0 heterocycles. The van der Waals surface area contributed by atoms with E-state index in [1.165, 1.54) is 5.56 Å². The van der Waals surface area contributed by atoms with Gasteiger partial charge in [-0.3, -0.25) is 9.59 Å². The lowest BCUT2D eigenvalue weighted by Crippen LogP contribution is -2.30. The second-order valence-electron chi connectivity index (χ2n) is 5.13. The van der Waals surface area contributed by atoms with Crippen LogP contribution in [0, 0.1) is 0 Å². The number of benzene rings is 1. The van der Waals surface area contributed by atoms with Gasteiger partial charge in [0.1, 0.15) is 6.04 Å². The molecule has 1 aromatic carbocycles. The van der Waals surface area contributed by atoms with Gasteiger partial charge in [0.15, 0.2) is 0 Å². The summed E-state index contributed by atoms with van der Waals surface area (Å²) in [6.07, 6.45) is 4.16. The number of carbonyl (C=O) groups excluding carboxylic acids is 1. The number of carboxylic acid groups (broad SMARTS) is 1. The molecule has 0 bridgehead atoms. The van der Waals surface area contributed by atoms with Crippen molar-refractivity contribution >= 4 is 11.9 Å². The third kappa shape index (κ3) is 8.09. The summed E-state index contributed by atoms with van der Waals surface area (Å²) in [6, 6.07) is 9.29. The first-order chi connectivity index (χ1) is 10.1. The van der Waals surface area contributed by atoms with E-state index >= 15 is 0 Å². The summed E-state index contributed by atoms with van der Waals surface area (Å²) < 4.78 is 0. The van der Waals surface area contributed by atoms with Crippen LogP contribution in [0.3, 0.4) is 0 Å². The van der Waals surface area contributed by atoms with Crippen molar-refractivity contribution in [2.45, 2.75) is 44.6 Å². The molecule has 0 unspecified atom stereocenters. The van der Waals surface area contributed by atoms with Crippen molar-refractivity contribution in [1.29, 1.82) is 0 Å². The monoisotopic (exact) mass is 292 g/mol. The predicted molar refractivity (Wildman–Crippen MR) is 81.9 cm³/mol. The zero-order chi connectivity index (χ0) is 15.5. The third-order valence-corrected chi connectivity index (χ3v) is 3.29. The van der Waals surface area contributed by atoms with Crippen molar-refractivity contribution in [2.24, 2.45) is 5.73 Å². The molecule has 0 aliphatic rings. The molecule has 5 nitrogen and oxygen atoms in total. The Balaban J connectivity index is 2.00. The van der Waals surface area contributed by atoms with Crippen LogP contribution in [0.4, 0.5) is 0 Å². The lowest BCUT2D eigenvalue weighted by Gasteiger charge is -2.07. The maximum atomic E-state index is 11.6. The number of aryl methyl sites for hydroxylation is 1. The molecule has 1 atom stereocenters. The lowest BCUT2D eigenvalue weighted by atomic mass is 10.1. The molecule has 0 aromatic heterocycles. The highest BCUT2D eigenvalue weighted by Gasteiger charge is 2.10. The predicted octanol–water partition coefficient (Wildman–Crippen LogP) is 1.71. The molecule has 4 N–H and O–H groups in total. The molecule has 1 aromatic rings. The fraction of sp³-hybridized carbons (Fsp3) is 0.500. The molecule has 5 heteroatoms. The van der Waals surface area contributed by atoms with E-state index in [9.17, 15) is 9.59 Å². The second-order valence-corrected chi connectivity index (χ2v) is 5.13. The van der Waals surface area contributed by atoms with E-state index in [2.05, 4.69) is 17.4 Å². The average Bonchev–Trinajstić information content (AvgIpc) is 2.47. The number of hydrogen-bond acceptors (Lipinski definition) is 3. The number of carbonyl (C=O) groups is 2. The summed E-state index contributed by atoms with van der Waals surface area (Å²) in [4.78, 5) is 22.1. The van der Waals surface area contributed by atoms with Gasteiger partial charge in [-0.2, -0.15) is 0 Å². The Morgan fingerprint density at radius 2 is 1.86 bits per heavy atom. The Morgan fingerprint density at radius 1 is 1.14 bits per heavy atom. The van der Waals surface area contributed by atoms with Crippen LogP contribution in [0.5, 0.6) is 0 Å². The molecule has 0 saturated heterocycles. The molecule has 1 amide bonds. The van der Waals surface area contributed by atoms with Gasteiger partial charge in [0.05, 0.1) is 0 Å². The van der Waals surface area contributed by atoms with Crippen molar-refractivity contribution in [3.05, 3.63) is 35.9 Å². The van der Waals surface area contributed by atoms with Gasteiger partial charge in [0.25, 0.3) is 0 Å². The fourth-order valence-corrected chi connectivity index (χ4v) is 2.03. The Bertz CT molecular complexity index is 434. The smallest absolute Gasteiger partial charge is 0.320 e. The molecular weight excluding hydrogens is 268 g/mol. The van der Waals surface area contributed by atoms with Crippen molar-refractivity contribution in [2.75, 3.05) is 6.54 Å². The van der Waals surface area contributed by atoms with E-state index in [-0.39, 0.29) is 5.91 Å². The first-order valence-corrected chi connectivity index (χ1v) is 7.38. The van der Waals surface area contributed by atoms with Crippen LogP contribution >= 0.6 is 0 Å². The molecule has 0 saturated carbocycles. The second kappa shape index (κ2) is 9.94. The standard InChI is InChI=1S/C16H24N2O3/c17-14(16(20)21)10-4-5-12-18-15(19)11-6-9-13-7-2-1-3-8-13/h1-3,7-8,14H,4-6,9-12,17H2,(H,18,19)(H,20,21)/t14-/m0/s1. The molecule has 0 aliphatic heterocycles. The average molecular weight is 292 g/mol. The van der Waals surface area contributed by atoms with E-state index in [4.69, 9.17) is 10.8 Å². The number of carboxylic acids is 1. The van der Waals surface area contributed by atoms with Gasteiger partial charge in [0, 0.05) is 13.0 Å². The normalized spacial score (nSPS) is 11.9. The number of unbranched alkanes of at least 4 members (excludes halogenated alkanes) is 1. The van der Waals surface area contributed by atoms with Crippen LogP contribution in [-0.2, 0) is 16.0 Å². The highest BCUT2D eigenvalue weighted by atomic mass is 16.4. The minimum atomic E-state index is -0.972. The van der Waals surface area contributed by atoms with E-state index in [0.29, 0.717) is 25.8 Å². The van der Waals surface area contributed by atoms with E-state index < -0.39 is 12.0 Å². The van der Waals surface area contributed by atoms with E-state index in [0.717, 1.165) is 19.3 Å². The molecule has 0 aliphatic carbocycles. The van der Waals surface area contributed by atoms with Gasteiger partial charge < -0.3 is 16.2 Å². The lowest BCUT2D eigenvalue weighted by molar-refractivity contribution is -0.138. The molecule has 1 rings (SSSR count). The maximum Gasteiger partial charge on any atom is 0.320 e. The summed E-state index contributed by atoms with van der Waals surface area (Å²) in [5.74, 6) is -0.923.